The largest absolute Gasteiger partial charge is 0.325 e. The first-order chi connectivity index (χ1) is 9.95. The SMILES string of the molecule is CC(Sc1ccccc1Cl)C(=O)Nc1cc(Cl)cc(Cl)c1. The lowest BCUT2D eigenvalue weighted by Gasteiger charge is -2.13. The smallest absolute Gasteiger partial charge is 0.237 e. The van der Waals surface area contributed by atoms with Crippen LogP contribution in [0.3, 0.4) is 0 Å². The summed E-state index contributed by atoms with van der Waals surface area (Å²) in [4.78, 5) is 13.1. The van der Waals surface area contributed by atoms with Gasteiger partial charge in [0.1, 0.15) is 0 Å². The number of carbonyl (C=O) groups excluding carboxylic acids is 1. The van der Waals surface area contributed by atoms with E-state index in [-0.39, 0.29) is 11.2 Å². The van der Waals surface area contributed by atoms with Crippen LogP contribution in [0.5, 0.6) is 0 Å². The molecule has 0 bridgehead atoms. The van der Waals surface area contributed by atoms with E-state index >= 15 is 0 Å². The Morgan fingerprint density at radius 2 is 1.71 bits per heavy atom. The number of amides is 1. The molecule has 0 aliphatic rings. The first kappa shape index (κ1) is 16.5. The highest BCUT2D eigenvalue weighted by atomic mass is 35.5. The van der Waals surface area contributed by atoms with Gasteiger partial charge >= 0.3 is 0 Å². The van der Waals surface area contributed by atoms with Gasteiger partial charge < -0.3 is 5.32 Å². The van der Waals surface area contributed by atoms with Gasteiger partial charge in [-0.1, -0.05) is 46.9 Å². The number of hydrogen-bond acceptors (Lipinski definition) is 2. The van der Waals surface area contributed by atoms with Crippen LogP contribution in [0.1, 0.15) is 6.92 Å². The predicted molar refractivity (Wildman–Crippen MR) is 91.9 cm³/mol. The molecule has 2 rings (SSSR count). The quantitative estimate of drug-likeness (QED) is 0.702. The molecule has 0 heterocycles. The molecule has 0 saturated carbocycles. The molecule has 110 valence electrons. The van der Waals surface area contributed by atoms with Crippen LogP contribution in [-0.4, -0.2) is 11.2 Å². The molecule has 0 aromatic heterocycles. The summed E-state index contributed by atoms with van der Waals surface area (Å²) in [6.45, 7) is 1.81. The normalized spacial score (nSPS) is 12.0. The molecule has 0 saturated heterocycles. The van der Waals surface area contributed by atoms with Crippen molar-refractivity contribution in [2.24, 2.45) is 0 Å². The van der Waals surface area contributed by atoms with E-state index in [9.17, 15) is 4.79 Å². The molecule has 0 fully saturated rings. The van der Waals surface area contributed by atoms with Crippen LogP contribution in [0, 0.1) is 0 Å². The average molecular weight is 361 g/mol. The highest BCUT2D eigenvalue weighted by Gasteiger charge is 2.16. The third-order valence-electron chi connectivity index (χ3n) is 2.64. The van der Waals surface area contributed by atoms with Gasteiger partial charge in [0.15, 0.2) is 0 Å². The summed E-state index contributed by atoms with van der Waals surface area (Å²) in [7, 11) is 0. The average Bonchev–Trinajstić information content (AvgIpc) is 2.40. The maximum atomic E-state index is 12.2. The van der Waals surface area contributed by atoms with Gasteiger partial charge in [0.05, 0.1) is 10.3 Å². The molecular weight excluding hydrogens is 349 g/mol. The van der Waals surface area contributed by atoms with Crippen LogP contribution in [0.25, 0.3) is 0 Å². The van der Waals surface area contributed by atoms with Crippen molar-refractivity contribution in [2.75, 3.05) is 5.32 Å². The van der Waals surface area contributed by atoms with Gasteiger partial charge in [0.25, 0.3) is 0 Å². The first-order valence-electron chi connectivity index (χ1n) is 6.14. The second-order valence-corrected chi connectivity index (χ2v) is 7.00. The number of nitrogens with one attached hydrogen (secondary N) is 1. The van der Waals surface area contributed by atoms with Crippen molar-refractivity contribution in [2.45, 2.75) is 17.1 Å². The molecule has 1 N–H and O–H groups in total. The number of halogens is 3. The molecule has 1 amide bonds. The summed E-state index contributed by atoms with van der Waals surface area (Å²) in [5.74, 6) is -0.141. The van der Waals surface area contributed by atoms with Crippen molar-refractivity contribution in [3.8, 4) is 0 Å². The fourth-order valence-electron chi connectivity index (χ4n) is 1.65. The van der Waals surface area contributed by atoms with Gasteiger partial charge in [-0.2, -0.15) is 0 Å². The van der Waals surface area contributed by atoms with E-state index < -0.39 is 0 Å². The third kappa shape index (κ3) is 4.82. The maximum Gasteiger partial charge on any atom is 0.237 e. The van der Waals surface area contributed by atoms with E-state index in [2.05, 4.69) is 5.32 Å². The zero-order valence-electron chi connectivity index (χ0n) is 11.1. The highest BCUT2D eigenvalue weighted by molar-refractivity contribution is 8.00. The zero-order chi connectivity index (χ0) is 15.4. The molecule has 1 atom stereocenters. The maximum absolute atomic E-state index is 12.2. The molecule has 21 heavy (non-hydrogen) atoms. The molecule has 6 heteroatoms. The van der Waals surface area contributed by atoms with Crippen molar-refractivity contribution in [1.29, 1.82) is 0 Å². The minimum Gasteiger partial charge on any atom is -0.325 e. The summed E-state index contributed by atoms with van der Waals surface area (Å²) in [6.07, 6.45) is 0. The van der Waals surface area contributed by atoms with E-state index in [1.165, 1.54) is 11.8 Å². The van der Waals surface area contributed by atoms with Crippen molar-refractivity contribution < 1.29 is 4.79 Å². The number of benzene rings is 2. The van der Waals surface area contributed by atoms with Gasteiger partial charge in [-0.25, -0.2) is 0 Å². The summed E-state index contributed by atoms with van der Waals surface area (Å²) in [6, 6.07) is 12.3. The number of anilines is 1. The lowest BCUT2D eigenvalue weighted by molar-refractivity contribution is -0.115. The molecule has 0 radical (unpaired) electrons. The Kier molecular flexibility index (Phi) is 5.82. The minimum absolute atomic E-state index is 0.141. The molecular formula is C15H12Cl3NOS. The summed E-state index contributed by atoms with van der Waals surface area (Å²) in [5.41, 5.74) is 0.573. The van der Waals surface area contributed by atoms with Crippen molar-refractivity contribution in [3.05, 3.63) is 57.5 Å². The number of thioether (sulfide) groups is 1. The molecule has 2 aromatic carbocycles. The first-order valence-corrected chi connectivity index (χ1v) is 8.15. The molecule has 0 spiro atoms. The standard InChI is InChI=1S/C15H12Cl3NOS/c1-9(21-14-5-3-2-4-13(14)18)15(20)19-12-7-10(16)6-11(17)8-12/h2-9H,1H3,(H,19,20). The Morgan fingerprint density at radius 1 is 1.10 bits per heavy atom. The molecule has 0 aliphatic heterocycles. The van der Waals surface area contributed by atoms with E-state index in [0.29, 0.717) is 20.8 Å². The fourth-order valence-corrected chi connectivity index (χ4v) is 3.33. The van der Waals surface area contributed by atoms with Crippen molar-refractivity contribution in [3.63, 3.8) is 0 Å². The van der Waals surface area contributed by atoms with Gasteiger partial charge in [0, 0.05) is 20.6 Å². The molecule has 1 unspecified atom stereocenters. The molecule has 2 nitrogen and oxygen atoms in total. The van der Waals surface area contributed by atoms with Gasteiger partial charge in [-0.05, 0) is 37.3 Å². The number of rotatable bonds is 4. The number of hydrogen-bond donors (Lipinski definition) is 1. The zero-order valence-corrected chi connectivity index (χ0v) is 14.2. The summed E-state index contributed by atoms with van der Waals surface area (Å²) < 4.78 is 0. The van der Waals surface area contributed by atoms with Crippen LogP contribution < -0.4 is 5.32 Å². The lowest BCUT2D eigenvalue weighted by atomic mass is 10.3. The van der Waals surface area contributed by atoms with Gasteiger partial charge in [-0.15, -0.1) is 11.8 Å². The van der Waals surface area contributed by atoms with Crippen molar-refractivity contribution >= 4 is 58.2 Å². The van der Waals surface area contributed by atoms with E-state index in [1.807, 2.05) is 25.1 Å². The van der Waals surface area contributed by atoms with E-state index in [4.69, 9.17) is 34.8 Å². The van der Waals surface area contributed by atoms with Gasteiger partial charge in [0.2, 0.25) is 5.91 Å². The Labute approximate surface area is 142 Å². The fraction of sp³-hybridized carbons (Fsp3) is 0.133. The summed E-state index contributed by atoms with van der Waals surface area (Å²) >= 11 is 19.3. The molecule has 0 aliphatic carbocycles. The van der Waals surface area contributed by atoms with Crippen LogP contribution in [0.15, 0.2) is 47.4 Å². The Hall–Kier alpha value is -0.870. The Morgan fingerprint density at radius 3 is 2.33 bits per heavy atom. The van der Waals surface area contributed by atoms with Crippen LogP contribution >= 0.6 is 46.6 Å². The van der Waals surface area contributed by atoms with E-state index in [1.54, 1.807) is 24.3 Å². The van der Waals surface area contributed by atoms with Crippen LogP contribution in [-0.2, 0) is 4.79 Å². The summed E-state index contributed by atoms with van der Waals surface area (Å²) in [5, 5.41) is 4.07. The highest BCUT2D eigenvalue weighted by Crippen LogP contribution is 2.31. The third-order valence-corrected chi connectivity index (χ3v) is 4.70. The monoisotopic (exact) mass is 359 g/mol. The van der Waals surface area contributed by atoms with Crippen LogP contribution in [0.2, 0.25) is 15.1 Å². The second kappa shape index (κ2) is 7.41. The Balaban J connectivity index is 2.04. The predicted octanol–water partition coefficient (Wildman–Crippen LogP) is 5.77. The van der Waals surface area contributed by atoms with Crippen LogP contribution in [0.4, 0.5) is 5.69 Å². The Bertz CT molecular complexity index is 643. The van der Waals surface area contributed by atoms with Crippen molar-refractivity contribution in [1.82, 2.24) is 0 Å². The second-order valence-electron chi connectivity index (χ2n) is 4.34. The van der Waals surface area contributed by atoms with Gasteiger partial charge in [-0.3, -0.25) is 4.79 Å². The lowest BCUT2D eigenvalue weighted by Crippen LogP contribution is -2.22. The topological polar surface area (TPSA) is 29.1 Å². The minimum atomic E-state index is -0.303. The number of carbonyl (C=O) groups is 1. The van der Waals surface area contributed by atoms with E-state index in [0.717, 1.165) is 4.90 Å². The molecule has 2 aromatic rings.